The Labute approximate surface area is 64.2 Å². The summed E-state index contributed by atoms with van der Waals surface area (Å²) in [7, 11) is 0. The second kappa shape index (κ2) is 1.86. The van der Waals surface area contributed by atoms with Gasteiger partial charge in [0.2, 0.25) is 0 Å². The first-order valence-electron chi connectivity index (χ1n) is 3.48. The molecule has 2 unspecified atom stereocenters. The van der Waals surface area contributed by atoms with Gasteiger partial charge in [-0.2, -0.15) is 0 Å². The lowest BCUT2D eigenvalue weighted by Gasteiger charge is -2.34. The van der Waals surface area contributed by atoms with E-state index < -0.39 is 0 Å². The Balaban J connectivity index is 2.02. The molecule has 0 aromatic heterocycles. The Hall–Kier alpha value is 0.730. The number of alkyl halides is 1. The molecule has 0 aromatic carbocycles. The van der Waals surface area contributed by atoms with E-state index in [1.54, 1.807) is 19.3 Å². The Bertz CT molecular complexity index is 86.6. The maximum atomic E-state index is 2.54. The minimum atomic E-state index is 1.15. The molecular weight excluding hydrogens is 211 g/mol. The van der Waals surface area contributed by atoms with Crippen molar-refractivity contribution < 1.29 is 0 Å². The number of hydrogen-bond acceptors (Lipinski definition) is 0. The molecule has 3 saturated carbocycles. The SMILES string of the molecule is ICC1C2CCC1C2. The summed E-state index contributed by atoms with van der Waals surface area (Å²) in [5.74, 6) is 3.48. The minimum Gasteiger partial charge on any atom is -0.0861 e. The van der Waals surface area contributed by atoms with E-state index in [1.165, 1.54) is 4.43 Å². The fourth-order valence-electron chi connectivity index (χ4n) is 2.27. The highest BCUT2D eigenvalue weighted by Crippen LogP contribution is 2.53. The Morgan fingerprint density at radius 1 is 1.25 bits per heavy atom. The molecule has 0 saturated heterocycles. The van der Waals surface area contributed by atoms with Gasteiger partial charge in [-0.1, -0.05) is 22.6 Å². The second-order valence-corrected chi connectivity index (χ2v) is 4.03. The first kappa shape index (κ1) is 5.51. The predicted octanol–water partition coefficient (Wildman–Crippen LogP) is 2.47. The zero-order valence-corrected chi connectivity index (χ0v) is 7.10. The predicted molar refractivity (Wildman–Crippen MR) is 43.2 cm³/mol. The van der Waals surface area contributed by atoms with Crippen LogP contribution in [0.25, 0.3) is 0 Å². The molecule has 0 heterocycles. The molecular formula is C7H11I. The van der Waals surface area contributed by atoms with Gasteiger partial charge in [-0.15, -0.1) is 0 Å². The topological polar surface area (TPSA) is 0 Å². The van der Waals surface area contributed by atoms with Gasteiger partial charge in [-0.25, -0.2) is 0 Å². The van der Waals surface area contributed by atoms with Gasteiger partial charge in [-0.3, -0.25) is 0 Å². The van der Waals surface area contributed by atoms with Crippen molar-refractivity contribution in [2.75, 3.05) is 4.43 Å². The van der Waals surface area contributed by atoms with Crippen LogP contribution in [-0.2, 0) is 0 Å². The third-order valence-electron chi connectivity index (χ3n) is 2.90. The summed E-state index contributed by atoms with van der Waals surface area (Å²) in [6, 6.07) is 0. The van der Waals surface area contributed by atoms with Crippen molar-refractivity contribution in [1.29, 1.82) is 0 Å². The molecule has 0 nitrogen and oxygen atoms in total. The standard InChI is InChI=1S/C7H11I/c8-4-7-5-1-2-6(7)3-5/h5-7H,1-4H2. The highest BCUT2D eigenvalue weighted by Gasteiger charge is 2.45. The molecule has 0 aliphatic heterocycles. The zero-order valence-electron chi connectivity index (χ0n) is 4.94. The number of halogens is 1. The van der Waals surface area contributed by atoms with Crippen molar-refractivity contribution in [3.63, 3.8) is 0 Å². The summed E-state index contributed by atoms with van der Waals surface area (Å²) in [5, 5.41) is 0. The van der Waals surface area contributed by atoms with Gasteiger partial charge < -0.3 is 0 Å². The first-order valence-corrected chi connectivity index (χ1v) is 5.00. The average Bonchev–Trinajstić information content (AvgIpc) is 2.19. The van der Waals surface area contributed by atoms with Crippen molar-refractivity contribution in [2.24, 2.45) is 17.8 Å². The normalized spacial score (nSPS) is 51.4. The van der Waals surface area contributed by atoms with E-state index in [0.717, 1.165) is 17.8 Å². The zero-order chi connectivity index (χ0) is 5.56. The van der Waals surface area contributed by atoms with Gasteiger partial charge >= 0.3 is 0 Å². The van der Waals surface area contributed by atoms with E-state index in [9.17, 15) is 0 Å². The summed E-state index contributed by atoms with van der Waals surface area (Å²) < 4.78 is 1.42. The molecule has 2 atom stereocenters. The summed E-state index contributed by atoms with van der Waals surface area (Å²) in [4.78, 5) is 0. The van der Waals surface area contributed by atoms with Crippen LogP contribution in [0.4, 0.5) is 0 Å². The summed E-state index contributed by atoms with van der Waals surface area (Å²) in [6.07, 6.45) is 4.68. The molecule has 46 valence electrons. The average molecular weight is 222 g/mol. The molecule has 0 radical (unpaired) electrons. The summed E-state index contributed by atoms with van der Waals surface area (Å²) in [6.45, 7) is 0. The molecule has 2 bridgehead atoms. The Kier molecular flexibility index (Phi) is 1.28. The van der Waals surface area contributed by atoms with Crippen LogP contribution in [0.1, 0.15) is 19.3 Å². The van der Waals surface area contributed by atoms with Crippen LogP contribution in [0.15, 0.2) is 0 Å². The van der Waals surface area contributed by atoms with Crippen LogP contribution in [0.3, 0.4) is 0 Å². The molecule has 0 amide bonds. The molecule has 8 heavy (non-hydrogen) atoms. The smallest absolute Gasteiger partial charge is 0.00289 e. The molecule has 3 fully saturated rings. The highest BCUT2D eigenvalue weighted by atomic mass is 127. The number of rotatable bonds is 1. The monoisotopic (exact) mass is 222 g/mol. The van der Waals surface area contributed by atoms with Crippen LogP contribution in [-0.4, -0.2) is 4.43 Å². The van der Waals surface area contributed by atoms with E-state index in [0.29, 0.717) is 0 Å². The molecule has 0 spiro atoms. The fourth-order valence-corrected chi connectivity index (χ4v) is 3.71. The quantitative estimate of drug-likeness (QED) is 0.472. The molecule has 1 heteroatoms. The highest BCUT2D eigenvalue weighted by molar-refractivity contribution is 14.1. The van der Waals surface area contributed by atoms with Gasteiger partial charge in [0, 0.05) is 4.43 Å². The third kappa shape index (κ3) is 0.568. The Morgan fingerprint density at radius 3 is 2.12 bits per heavy atom. The third-order valence-corrected chi connectivity index (χ3v) is 3.92. The van der Waals surface area contributed by atoms with Gasteiger partial charge in [0.15, 0.2) is 0 Å². The fraction of sp³-hybridized carbons (Fsp3) is 1.00. The van der Waals surface area contributed by atoms with Crippen molar-refractivity contribution >= 4 is 22.6 Å². The van der Waals surface area contributed by atoms with Crippen molar-refractivity contribution in [2.45, 2.75) is 19.3 Å². The van der Waals surface area contributed by atoms with E-state index in [1.807, 2.05) is 0 Å². The van der Waals surface area contributed by atoms with Crippen molar-refractivity contribution in [1.82, 2.24) is 0 Å². The second-order valence-electron chi connectivity index (χ2n) is 3.15. The van der Waals surface area contributed by atoms with Gasteiger partial charge in [0.05, 0.1) is 0 Å². The molecule has 0 aromatic rings. The van der Waals surface area contributed by atoms with Crippen LogP contribution in [0.5, 0.6) is 0 Å². The number of hydrogen-bond donors (Lipinski definition) is 0. The number of fused-ring (bicyclic) bond motifs is 1. The van der Waals surface area contributed by atoms with Gasteiger partial charge in [0.1, 0.15) is 0 Å². The van der Waals surface area contributed by atoms with E-state index in [4.69, 9.17) is 0 Å². The van der Waals surface area contributed by atoms with Gasteiger partial charge in [0.25, 0.3) is 0 Å². The van der Waals surface area contributed by atoms with Crippen molar-refractivity contribution in [3.8, 4) is 0 Å². The molecule has 3 aliphatic rings. The molecule has 3 rings (SSSR count). The summed E-state index contributed by atoms with van der Waals surface area (Å²) >= 11 is 2.54. The lowest BCUT2D eigenvalue weighted by Crippen LogP contribution is -2.28. The van der Waals surface area contributed by atoms with E-state index in [2.05, 4.69) is 22.6 Å². The van der Waals surface area contributed by atoms with Crippen molar-refractivity contribution in [3.05, 3.63) is 0 Å². The largest absolute Gasteiger partial charge is 0.0861 e. The lowest BCUT2D eigenvalue weighted by molar-refractivity contribution is 0.187. The maximum absolute atomic E-state index is 2.54. The first-order chi connectivity index (χ1) is 3.92. The molecule has 0 N–H and O–H groups in total. The van der Waals surface area contributed by atoms with Gasteiger partial charge in [-0.05, 0) is 37.0 Å². The maximum Gasteiger partial charge on any atom is 0.00289 e. The van der Waals surface area contributed by atoms with E-state index >= 15 is 0 Å². The van der Waals surface area contributed by atoms with Crippen LogP contribution in [0, 0.1) is 17.8 Å². The lowest BCUT2D eigenvalue weighted by atomic mass is 9.74. The minimum absolute atomic E-state index is 1.15. The van der Waals surface area contributed by atoms with Crippen LogP contribution >= 0.6 is 22.6 Å². The molecule has 3 aliphatic carbocycles. The van der Waals surface area contributed by atoms with E-state index in [-0.39, 0.29) is 0 Å². The van der Waals surface area contributed by atoms with Crippen LogP contribution < -0.4 is 0 Å². The Morgan fingerprint density at radius 2 is 1.88 bits per heavy atom. The van der Waals surface area contributed by atoms with Crippen LogP contribution in [0.2, 0.25) is 0 Å². The summed E-state index contributed by atoms with van der Waals surface area (Å²) in [5.41, 5.74) is 0.